The lowest BCUT2D eigenvalue weighted by molar-refractivity contribution is -0.118. The van der Waals surface area contributed by atoms with Gasteiger partial charge in [-0.3, -0.25) is 4.79 Å². The number of H-pyrrole nitrogens is 2. The maximum absolute atomic E-state index is 15.2. The van der Waals surface area contributed by atoms with Crippen LogP contribution in [-0.4, -0.2) is 42.7 Å². The summed E-state index contributed by atoms with van der Waals surface area (Å²) in [6, 6.07) is 4.66. The number of carbonyl (C=O) groups excluding carboxylic acids is 1. The molecule has 0 radical (unpaired) electrons. The van der Waals surface area contributed by atoms with Crippen molar-refractivity contribution < 1.29 is 13.9 Å². The van der Waals surface area contributed by atoms with E-state index in [0.717, 1.165) is 36.1 Å². The van der Waals surface area contributed by atoms with Crippen molar-refractivity contribution in [1.82, 2.24) is 35.5 Å². The molecule has 5 rings (SSSR count). The summed E-state index contributed by atoms with van der Waals surface area (Å²) in [5.74, 6) is 0.239. The minimum atomic E-state index is -1.10. The van der Waals surface area contributed by atoms with Crippen molar-refractivity contribution in [3.63, 3.8) is 0 Å². The van der Waals surface area contributed by atoms with Crippen LogP contribution in [0.4, 0.5) is 4.39 Å². The number of rotatable bonds is 8. The normalized spacial score (nSPS) is 20.5. The quantitative estimate of drug-likeness (QED) is 0.437. The lowest BCUT2D eigenvalue weighted by Crippen LogP contribution is -2.49. The summed E-state index contributed by atoms with van der Waals surface area (Å²) in [4.78, 5) is 33.3. The average Bonchev–Trinajstić information content (AvgIpc) is 3.38. The number of hydrogen-bond donors (Lipinski definition) is 3. The summed E-state index contributed by atoms with van der Waals surface area (Å²) in [5.41, 5.74) is -0.00451. The second-order valence-electron chi connectivity index (χ2n) is 9.01. The molecule has 2 aromatic heterocycles. The first-order valence-electron chi connectivity index (χ1n) is 11.4. The van der Waals surface area contributed by atoms with Crippen LogP contribution >= 0.6 is 0 Å². The van der Waals surface area contributed by atoms with Gasteiger partial charge < -0.3 is 15.0 Å². The monoisotopic (exact) mass is 467 g/mol. The molecule has 1 fully saturated rings. The predicted molar refractivity (Wildman–Crippen MR) is 121 cm³/mol. The molecule has 1 saturated carbocycles. The number of halogens is 1. The summed E-state index contributed by atoms with van der Waals surface area (Å²) in [5, 5.41) is 12.3. The number of carbonyl (C=O) groups is 1. The van der Waals surface area contributed by atoms with Gasteiger partial charge in [0.15, 0.2) is 0 Å². The molecule has 0 bridgehead atoms. The Balaban J connectivity index is 1.55. The molecule has 11 heteroatoms. The van der Waals surface area contributed by atoms with E-state index in [1.807, 2.05) is 0 Å². The predicted octanol–water partition coefficient (Wildman–Crippen LogP) is 2.69. The van der Waals surface area contributed by atoms with E-state index in [1.54, 1.807) is 25.3 Å². The third-order valence-corrected chi connectivity index (χ3v) is 6.30. The number of nitrogens with zero attached hydrogens (tertiary/aromatic N) is 4. The third kappa shape index (κ3) is 4.02. The molecule has 3 heterocycles. The zero-order valence-electron chi connectivity index (χ0n) is 19.0. The van der Waals surface area contributed by atoms with Crippen molar-refractivity contribution in [1.29, 1.82) is 0 Å². The van der Waals surface area contributed by atoms with Gasteiger partial charge >= 0.3 is 5.69 Å². The maximum atomic E-state index is 15.2. The molecule has 10 nitrogen and oxygen atoms in total. The molecule has 0 saturated heterocycles. The van der Waals surface area contributed by atoms with Crippen molar-refractivity contribution in [2.45, 2.75) is 57.4 Å². The molecule has 0 unspecified atom stereocenters. The zero-order valence-corrected chi connectivity index (χ0v) is 19.0. The highest BCUT2D eigenvalue weighted by Gasteiger charge is 2.42. The molecule has 3 N–H and O–H groups in total. The first-order valence-corrected chi connectivity index (χ1v) is 11.4. The molecule has 1 amide bonds. The summed E-state index contributed by atoms with van der Waals surface area (Å²) >= 11 is 0. The fraction of sp³-hybridized carbons (Fsp3) is 0.435. The van der Waals surface area contributed by atoms with Gasteiger partial charge in [0.25, 0.3) is 5.91 Å². The summed E-state index contributed by atoms with van der Waals surface area (Å²) < 4.78 is 21.8. The minimum absolute atomic E-state index is 0.00727. The molecular weight excluding hydrogens is 441 g/mol. The summed E-state index contributed by atoms with van der Waals surface area (Å²) in [7, 11) is 0. The fourth-order valence-electron chi connectivity index (χ4n) is 4.31. The topological polar surface area (TPSA) is 131 Å². The van der Waals surface area contributed by atoms with Crippen LogP contribution in [0.2, 0.25) is 0 Å². The number of benzene rings is 1. The van der Waals surface area contributed by atoms with E-state index < -0.39 is 23.0 Å². The number of tetrazole rings is 1. The molecule has 1 aromatic carbocycles. The van der Waals surface area contributed by atoms with Crippen LogP contribution in [0, 0.1) is 5.82 Å². The Labute approximate surface area is 194 Å². The van der Waals surface area contributed by atoms with Gasteiger partial charge in [-0.15, -0.1) is 0 Å². The molecule has 34 heavy (non-hydrogen) atoms. The third-order valence-electron chi connectivity index (χ3n) is 6.30. The number of aromatic nitrogens is 6. The minimum Gasteiger partial charge on any atom is -0.493 e. The number of nitrogens with one attached hydrogen (secondary N) is 3. The Morgan fingerprint density at radius 1 is 1.29 bits per heavy atom. The van der Waals surface area contributed by atoms with Crippen LogP contribution < -0.4 is 15.7 Å². The van der Waals surface area contributed by atoms with Crippen LogP contribution in [0.3, 0.4) is 0 Å². The fourth-order valence-corrected chi connectivity index (χ4v) is 4.31. The summed E-state index contributed by atoms with van der Waals surface area (Å²) in [6.45, 7) is 4.31. The highest BCUT2D eigenvalue weighted by atomic mass is 19.1. The lowest BCUT2D eigenvalue weighted by Gasteiger charge is -2.36. The van der Waals surface area contributed by atoms with Crippen LogP contribution in [0.15, 0.2) is 29.2 Å². The number of ether oxygens (including phenoxy) is 1. The van der Waals surface area contributed by atoms with Gasteiger partial charge in [-0.05, 0) is 42.7 Å². The molecule has 2 aliphatic rings. The molecule has 1 atom stereocenters. The smallest absolute Gasteiger partial charge is 0.366 e. The molecule has 3 aromatic rings. The molecule has 1 aliphatic carbocycles. The Morgan fingerprint density at radius 2 is 2.12 bits per heavy atom. The van der Waals surface area contributed by atoms with Gasteiger partial charge in [-0.25, -0.2) is 19.3 Å². The zero-order chi connectivity index (χ0) is 23.9. The van der Waals surface area contributed by atoms with Crippen LogP contribution in [-0.2, 0) is 10.3 Å². The van der Waals surface area contributed by atoms with Gasteiger partial charge in [-0.2, -0.15) is 4.68 Å². The van der Waals surface area contributed by atoms with E-state index in [4.69, 9.17) is 4.74 Å². The standard InChI is InChI=1S/C23H26FN7O3/c1-3-4-9-34-14-7-8-16(17(24)10-14)23(2)11-15(20-25-12-18(26-20)13-5-6-13)19(21(32)27-23)31-22(33)28-29-30-31/h7-8,10,12-13H,3-6,9,11H2,1-2H3,(H,25,26)(H,27,32)(H,28,30,33)/t23-/m0/s1. The number of amides is 1. The Kier molecular flexibility index (Phi) is 5.54. The lowest BCUT2D eigenvalue weighted by atomic mass is 9.81. The average molecular weight is 468 g/mol. The maximum Gasteiger partial charge on any atom is 0.366 e. The number of unbranched alkanes of at least 4 members (excludes halogenated alkanes) is 1. The molecule has 178 valence electrons. The Hall–Kier alpha value is -3.76. The second kappa shape index (κ2) is 8.54. The van der Waals surface area contributed by atoms with Crippen molar-refractivity contribution in [3.8, 4) is 5.75 Å². The highest BCUT2D eigenvalue weighted by Crippen LogP contribution is 2.42. The molecular formula is C23H26FN7O3. The van der Waals surface area contributed by atoms with Crippen molar-refractivity contribution in [2.24, 2.45) is 0 Å². The van der Waals surface area contributed by atoms with Crippen LogP contribution in [0.25, 0.3) is 11.3 Å². The van der Waals surface area contributed by atoms with Crippen molar-refractivity contribution in [2.75, 3.05) is 6.61 Å². The number of hydrogen-bond acceptors (Lipinski definition) is 6. The summed E-state index contributed by atoms with van der Waals surface area (Å²) in [6.07, 6.45) is 5.93. The first kappa shape index (κ1) is 22.1. The first-order chi connectivity index (χ1) is 16.4. The van der Waals surface area contributed by atoms with Crippen LogP contribution in [0.5, 0.6) is 5.75 Å². The van der Waals surface area contributed by atoms with Crippen molar-refractivity contribution in [3.05, 3.63) is 57.8 Å². The van der Waals surface area contributed by atoms with E-state index >= 15 is 4.39 Å². The van der Waals surface area contributed by atoms with Crippen LogP contribution in [0.1, 0.15) is 69.0 Å². The molecule has 1 aliphatic heterocycles. The van der Waals surface area contributed by atoms with E-state index in [-0.39, 0.29) is 12.1 Å². The Bertz CT molecular complexity index is 1320. The van der Waals surface area contributed by atoms with Gasteiger partial charge in [0.1, 0.15) is 23.1 Å². The van der Waals surface area contributed by atoms with E-state index in [0.29, 0.717) is 35.2 Å². The largest absolute Gasteiger partial charge is 0.493 e. The SMILES string of the molecule is CCCCOc1ccc([C@]2(C)CC(c3ncc(C4CC4)[nH]3)=C(n3nn[nH]c3=O)C(=O)N2)c(F)c1. The Morgan fingerprint density at radius 3 is 2.79 bits per heavy atom. The highest BCUT2D eigenvalue weighted by molar-refractivity contribution is 6.22. The van der Waals surface area contributed by atoms with Gasteiger partial charge in [0.05, 0.1) is 12.1 Å². The van der Waals surface area contributed by atoms with Gasteiger partial charge in [-0.1, -0.05) is 19.4 Å². The van der Waals surface area contributed by atoms with Gasteiger partial charge in [0, 0.05) is 41.4 Å². The van der Waals surface area contributed by atoms with E-state index in [1.165, 1.54) is 6.07 Å². The van der Waals surface area contributed by atoms with E-state index in [2.05, 4.69) is 37.7 Å². The number of aromatic amines is 2. The van der Waals surface area contributed by atoms with Crippen molar-refractivity contribution >= 4 is 17.2 Å². The van der Waals surface area contributed by atoms with Gasteiger partial charge in [0.2, 0.25) is 0 Å². The number of imidazole rings is 1. The second-order valence-corrected chi connectivity index (χ2v) is 9.01. The molecule has 0 spiro atoms. The van der Waals surface area contributed by atoms with E-state index in [9.17, 15) is 9.59 Å².